The first-order chi connectivity index (χ1) is 12.9. The molecule has 0 saturated carbocycles. The molecule has 7 heteroatoms. The summed E-state index contributed by atoms with van der Waals surface area (Å²) >= 11 is 0. The lowest BCUT2D eigenvalue weighted by Gasteiger charge is -2.36. The zero-order valence-corrected chi connectivity index (χ0v) is 16.4. The topological polar surface area (TPSA) is 80.8 Å². The first-order valence-electron chi connectivity index (χ1n) is 9.53. The van der Waals surface area contributed by atoms with Gasteiger partial charge in [-0.25, -0.2) is 0 Å². The van der Waals surface area contributed by atoms with Crippen LogP contribution in [0.3, 0.4) is 0 Å². The van der Waals surface area contributed by atoms with E-state index in [1.165, 1.54) is 0 Å². The predicted molar refractivity (Wildman–Crippen MR) is 100 cm³/mol. The fourth-order valence-electron chi connectivity index (χ4n) is 3.65. The summed E-state index contributed by atoms with van der Waals surface area (Å²) < 4.78 is 11.2. The van der Waals surface area contributed by atoms with Crippen molar-refractivity contribution in [2.75, 3.05) is 32.9 Å². The Morgan fingerprint density at radius 1 is 1.41 bits per heavy atom. The summed E-state index contributed by atoms with van der Waals surface area (Å²) in [5.41, 5.74) is 1.62. The van der Waals surface area contributed by atoms with E-state index in [0.29, 0.717) is 44.9 Å². The van der Waals surface area contributed by atoms with Crippen LogP contribution in [-0.2, 0) is 14.3 Å². The lowest BCUT2D eigenvalue weighted by Crippen LogP contribution is -2.53. The van der Waals surface area contributed by atoms with Crippen LogP contribution in [0.1, 0.15) is 42.6 Å². The highest BCUT2D eigenvalue weighted by Crippen LogP contribution is 2.32. The Balaban J connectivity index is 1.55. The van der Waals surface area contributed by atoms with Crippen molar-refractivity contribution in [3.05, 3.63) is 29.6 Å². The number of nitrogens with zero attached hydrogens (tertiary/aromatic N) is 2. The molecule has 0 spiro atoms. The molecule has 0 aliphatic carbocycles. The second kappa shape index (κ2) is 8.35. The molecule has 2 amide bonds. The minimum Gasteiger partial charge on any atom is -0.377 e. The molecule has 2 unspecified atom stereocenters. The second-order valence-electron chi connectivity index (χ2n) is 8.23. The summed E-state index contributed by atoms with van der Waals surface area (Å²) in [6.45, 7) is 8.68. The van der Waals surface area contributed by atoms with E-state index >= 15 is 0 Å². The number of morpholine rings is 1. The number of carbonyl (C=O) groups excluding carboxylic acids is 2. The molecule has 2 saturated heterocycles. The van der Waals surface area contributed by atoms with Crippen LogP contribution in [0.15, 0.2) is 18.5 Å². The molecule has 0 radical (unpaired) electrons. The largest absolute Gasteiger partial charge is 0.377 e. The van der Waals surface area contributed by atoms with Gasteiger partial charge >= 0.3 is 0 Å². The highest BCUT2D eigenvalue weighted by Gasteiger charge is 2.34. The molecule has 2 aliphatic heterocycles. The molecule has 27 heavy (non-hydrogen) atoms. The van der Waals surface area contributed by atoms with Gasteiger partial charge in [-0.15, -0.1) is 0 Å². The molecule has 1 aromatic heterocycles. The van der Waals surface area contributed by atoms with Crippen molar-refractivity contribution in [3.8, 4) is 0 Å². The van der Waals surface area contributed by atoms with Gasteiger partial charge in [-0.1, -0.05) is 13.8 Å². The van der Waals surface area contributed by atoms with Gasteiger partial charge in [0, 0.05) is 25.5 Å². The van der Waals surface area contributed by atoms with Crippen molar-refractivity contribution in [3.63, 3.8) is 0 Å². The summed E-state index contributed by atoms with van der Waals surface area (Å²) in [6, 6.07) is 1.64. The Morgan fingerprint density at radius 3 is 2.93 bits per heavy atom. The second-order valence-corrected chi connectivity index (χ2v) is 8.23. The Bertz CT molecular complexity index is 692. The van der Waals surface area contributed by atoms with Gasteiger partial charge in [-0.05, 0) is 30.4 Å². The van der Waals surface area contributed by atoms with Gasteiger partial charge < -0.3 is 19.7 Å². The van der Waals surface area contributed by atoms with Gasteiger partial charge in [0.2, 0.25) is 5.91 Å². The Labute approximate surface area is 160 Å². The molecular weight excluding hydrogens is 346 g/mol. The number of pyridine rings is 1. The monoisotopic (exact) mass is 375 g/mol. The average molecular weight is 375 g/mol. The quantitative estimate of drug-likeness (QED) is 0.845. The van der Waals surface area contributed by atoms with E-state index in [1.54, 1.807) is 17.3 Å². The summed E-state index contributed by atoms with van der Waals surface area (Å²) in [4.78, 5) is 31.1. The van der Waals surface area contributed by atoms with Crippen LogP contribution in [0.5, 0.6) is 0 Å². The van der Waals surface area contributed by atoms with E-state index in [1.807, 2.05) is 13.0 Å². The third-order valence-electron chi connectivity index (χ3n) is 5.20. The van der Waals surface area contributed by atoms with Crippen LogP contribution in [0, 0.1) is 12.3 Å². The minimum atomic E-state index is -0.184. The average Bonchev–Trinajstić information content (AvgIpc) is 2.98. The number of hydrogen-bond donors (Lipinski definition) is 1. The molecule has 3 rings (SSSR count). The van der Waals surface area contributed by atoms with Crippen molar-refractivity contribution in [2.45, 2.75) is 45.8 Å². The highest BCUT2D eigenvalue weighted by atomic mass is 16.5. The van der Waals surface area contributed by atoms with E-state index < -0.39 is 0 Å². The van der Waals surface area contributed by atoms with Crippen LogP contribution in [-0.4, -0.2) is 66.8 Å². The summed E-state index contributed by atoms with van der Waals surface area (Å²) in [5, 5.41) is 2.95. The van der Waals surface area contributed by atoms with E-state index in [2.05, 4.69) is 24.1 Å². The molecule has 2 fully saturated rings. The number of nitrogens with one attached hydrogen (secondary N) is 1. The van der Waals surface area contributed by atoms with Gasteiger partial charge in [0.05, 0.1) is 44.0 Å². The van der Waals surface area contributed by atoms with Crippen LogP contribution in [0.25, 0.3) is 0 Å². The fraction of sp³-hybridized carbons (Fsp3) is 0.650. The summed E-state index contributed by atoms with van der Waals surface area (Å²) in [5.74, 6) is -0.114. The molecule has 0 bridgehead atoms. The van der Waals surface area contributed by atoms with Crippen molar-refractivity contribution < 1.29 is 19.1 Å². The van der Waals surface area contributed by atoms with Crippen molar-refractivity contribution >= 4 is 11.8 Å². The zero-order valence-electron chi connectivity index (χ0n) is 16.4. The highest BCUT2D eigenvalue weighted by molar-refractivity contribution is 5.95. The SMILES string of the molecule is Cc1ccncc1C(=O)N1CCOCC1CNC(=O)CC1CC(C)(C)CO1. The Hall–Kier alpha value is -1.99. The predicted octanol–water partition coefficient (Wildman–Crippen LogP) is 1.55. The summed E-state index contributed by atoms with van der Waals surface area (Å²) in [6.07, 6.45) is 4.49. The lowest BCUT2D eigenvalue weighted by atomic mass is 9.90. The van der Waals surface area contributed by atoms with E-state index in [4.69, 9.17) is 9.47 Å². The van der Waals surface area contributed by atoms with Crippen LogP contribution in [0.2, 0.25) is 0 Å². The number of rotatable bonds is 5. The van der Waals surface area contributed by atoms with Gasteiger partial charge in [0.25, 0.3) is 5.91 Å². The Morgan fingerprint density at radius 2 is 2.22 bits per heavy atom. The standard InChI is InChI=1S/C20H29N3O4/c1-14-4-5-21-11-17(14)19(25)23-6-7-26-12-15(23)10-22-18(24)8-16-9-20(2,3)13-27-16/h4-5,11,15-16H,6-10,12-13H2,1-3H3,(H,22,24). The van der Waals surface area contributed by atoms with Gasteiger partial charge in [0.15, 0.2) is 0 Å². The molecule has 3 heterocycles. The van der Waals surface area contributed by atoms with Crippen molar-refractivity contribution in [2.24, 2.45) is 5.41 Å². The van der Waals surface area contributed by atoms with Gasteiger partial charge in [-0.2, -0.15) is 0 Å². The molecule has 148 valence electrons. The van der Waals surface area contributed by atoms with E-state index in [9.17, 15) is 9.59 Å². The third kappa shape index (κ3) is 5.05. The number of hydrogen-bond acceptors (Lipinski definition) is 5. The summed E-state index contributed by atoms with van der Waals surface area (Å²) in [7, 11) is 0. The van der Waals surface area contributed by atoms with Crippen molar-refractivity contribution in [1.29, 1.82) is 0 Å². The number of aromatic nitrogens is 1. The smallest absolute Gasteiger partial charge is 0.256 e. The first-order valence-corrected chi connectivity index (χ1v) is 9.53. The maximum Gasteiger partial charge on any atom is 0.256 e. The molecule has 7 nitrogen and oxygen atoms in total. The van der Waals surface area contributed by atoms with Crippen molar-refractivity contribution in [1.82, 2.24) is 15.2 Å². The maximum absolute atomic E-state index is 12.9. The number of ether oxygens (including phenoxy) is 2. The van der Waals surface area contributed by atoms with E-state index in [0.717, 1.165) is 12.0 Å². The van der Waals surface area contributed by atoms with Crippen LogP contribution < -0.4 is 5.32 Å². The first kappa shape index (κ1) is 19.8. The maximum atomic E-state index is 12.9. The van der Waals surface area contributed by atoms with Gasteiger partial charge in [0.1, 0.15) is 0 Å². The number of aryl methyl sites for hydroxylation is 1. The molecule has 1 N–H and O–H groups in total. The van der Waals surface area contributed by atoms with E-state index in [-0.39, 0.29) is 29.4 Å². The van der Waals surface area contributed by atoms with Gasteiger partial charge in [-0.3, -0.25) is 14.6 Å². The Kier molecular flexibility index (Phi) is 6.11. The number of amides is 2. The minimum absolute atomic E-state index is 0.0293. The fourth-order valence-corrected chi connectivity index (χ4v) is 3.65. The normalized spacial score (nSPS) is 24.6. The number of carbonyl (C=O) groups is 2. The van der Waals surface area contributed by atoms with Crippen LogP contribution in [0.4, 0.5) is 0 Å². The third-order valence-corrected chi connectivity index (χ3v) is 5.20. The molecule has 2 atom stereocenters. The molecule has 0 aromatic carbocycles. The zero-order chi connectivity index (χ0) is 19.4. The van der Waals surface area contributed by atoms with Crippen LogP contribution >= 0.6 is 0 Å². The molecular formula is C20H29N3O4. The molecule has 1 aromatic rings. The molecule has 2 aliphatic rings. The lowest BCUT2D eigenvalue weighted by molar-refractivity contribution is -0.123.